The van der Waals surface area contributed by atoms with Crippen molar-refractivity contribution in [2.75, 3.05) is 0 Å². The van der Waals surface area contributed by atoms with E-state index in [1.807, 2.05) is 25.2 Å². The molecule has 0 spiro atoms. The Morgan fingerprint density at radius 2 is 2.29 bits per heavy atom. The predicted molar refractivity (Wildman–Crippen MR) is 65.2 cm³/mol. The largest absolute Gasteiger partial charge is 0.409 e. The van der Waals surface area contributed by atoms with Gasteiger partial charge in [-0.2, -0.15) is 0 Å². The molecule has 1 fully saturated rings. The second-order valence-corrected chi connectivity index (χ2v) is 4.49. The molecule has 0 unspecified atom stereocenters. The van der Waals surface area contributed by atoms with Crippen LogP contribution in [0.2, 0.25) is 0 Å². The average Bonchev–Trinajstić information content (AvgIpc) is 3.14. The van der Waals surface area contributed by atoms with Crippen LogP contribution >= 0.6 is 0 Å². The van der Waals surface area contributed by atoms with Crippen LogP contribution in [0.4, 0.5) is 0 Å². The summed E-state index contributed by atoms with van der Waals surface area (Å²) in [6, 6.07) is 5.66. The van der Waals surface area contributed by atoms with Crippen molar-refractivity contribution in [3.63, 3.8) is 0 Å². The Bertz CT molecular complexity index is 610. The zero-order chi connectivity index (χ0) is 12.0. The van der Waals surface area contributed by atoms with Gasteiger partial charge in [-0.1, -0.05) is 5.16 Å². The number of hydrogen-bond donors (Lipinski definition) is 2. The molecule has 88 valence electrons. The first-order valence-corrected chi connectivity index (χ1v) is 5.65. The molecular formula is C12H14N4O. The van der Waals surface area contributed by atoms with E-state index >= 15 is 0 Å². The average molecular weight is 230 g/mol. The molecule has 5 heteroatoms. The van der Waals surface area contributed by atoms with Crippen molar-refractivity contribution in [1.29, 1.82) is 0 Å². The number of nitrogens with zero attached hydrogens (tertiary/aromatic N) is 3. The summed E-state index contributed by atoms with van der Waals surface area (Å²) in [6.07, 6.45) is 2.45. The fourth-order valence-corrected chi connectivity index (χ4v) is 2.14. The van der Waals surface area contributed by atoms with Gasteiger partial charge in [0.05, 0.1) is 11.0 Å². The standard InChI is InChI=1S/C12H14N4O/c1-16-10-5-4-8(11(13)15-17)6-9(10)14-12(16)7-2-3-7/h4-7,17H,2-3H2,1H3,(H2,13,15). The van der Waals surface area contributed by atoms with E-state index in [-0.39, 0.29) is 5.84 Å². The molecule has 1 aromatic heterocycles. The van der Waals surface area contributed by atoms with Gasteiger partial charge in [0.15, 0.2) is 5.84 Å². The summed E-state index contributed by atoms with van der Waals surface area (Å²) in [4.78, 5) is 4.62. The number of amidine groups is 1. The van der Waals surface area contributed by atoms with Gasteiger partial charge in [-0.05, 0) is 31.0 Å². The Labute approximate surface area is 98.6 Å². The highest BCUT2D eigenvalue weighted by molar-refractivity contribution is 5.99. The first-order valence-electron chi connectivity index (χ1n) is 5.65. The second kappa shape index (κ2) is 3.48. The van der Waals surface area contributed by atoms with Crippen molar-refractivity contribution in [2.24, 2.45) is 17.9 Å². The van der Waals surface area contributed by atoms with Gasteiger partial charge in [0.1, 0.15) is 5.82 Å². The number of aryl methyl sites for hydroxylation is 1. The molecule has 3 rings (SSSR count). The summed E-state index contributed by atoms with van der Waals surface area (Å²) < 4.78 is 2.13. The lowest BCUT2D eigenvalue weighted by atomic mass is 10.2. The predicted octanol–water partition coefficient (Wildman–Crippen LogP) is 1.55. The molecule has 1 aliphatic rings. The number of rotatable bonds is 2. The van der Waals surface area contributed by atoms with Crippen LogP contribution in [-0.4, -0.2) is 20.6 Å². The number of aromatic nitrogens is 2. The van der Waals surface area contributed by atoms with Crippen molar-refractivity contribution in [1.82, 2.24) is 9.55 Å². The molecule has 1 aliphatic carbocycles. The Morgan fingerprint density at radius 3 is 2.94 bits per heavy atom. The monoisotopic (exact) mass is 230 g/mol. The van der Waals surface area contributed by atoms with Crippen LogP contribution < -0.4 is 5.73 Å². The van der Waals surface area contributed by atoms with Gasteiger partial charge in [-0.15, -0.1) is 0 Å². The first-order chi connectivity index (χ1) is 8.20. The molecule has 3 N–H and O–H groups in total. The van der Waals surface area contributed by atoms with Crippen molar-refractivity contribution in [3.8, 4) is 0 Å². The van der Waals surface area contributed by atoms with Gasteiger partial charge in [-0.25, -0.2) is 4.98 Å². The summed E-state index contributed by atoms with van der Waals surface area (Å²) in [5.41, 5.74) is 8.25. The molecule has 1 saturated carbocycles. The number of fused-ring (bicyclic) bond motifs is 1. The van der Waals surface area contributed by atoms with Gasteiger partial charge in [0, 0.05) is 18.5 Å². The lowest BCUT2D eigenvalue weighted by Crippen LogP contribution is -2.12. The van der Waals surface area contributed by atoms with Gasteiger partial charge in [0.25, 0.3) is 0 Å². The molecule has 0 saturated heterocycles. The molecule has 1 aromatic carbocycles. The molecule has 0 bridgehead atoms. The number of nitrogens with two attached hydrogens (primary N) is 1. The molecule has 0 aliphatic heterocycles. The Morgan fingerprint density at radius 1 is 1.53 bits per heavy atom. The van der Waals surface area contributed by atoms with Gasteiger partial charge >= 0.3 is 0 Å². The lowest BCUT2D eigenvalue weighted by Gasteiger charge is -2.00. The Balaban J connectivity index is 2.16. The van der Waals surface area contributed by atoms with E-state index in [9.17, 15) is 0 Å². The quantitative estimate of drug-likeness (QED) is 0.355. The molecule has 0 radical (unpaired) electrons. The third-order valence-corrected chi connectivity index (χ3v) is 3.26. The number of imidazole rings is 1. The summed E-state index contributed by atoms with van der Waals surface area (Å²) in [5, 5.41) is 11.7. The van der Waals surface area contributed by atoms with Gasteiger partial charge < -0.3 is 15.5 Å². The normalized spacial score (nSPS) is 16.6. The molecule has 17 heavy (non-hydrogen) atoms. The van der Waals surface area contributed by atoms with Gasteiger partial charge in [0.2, 0.25) is 0 Å². The van der Waals surface area contributed by atoms with Crippen LogP contribution in [0.5, 0.6) is 0 Å². The van der Waals surface area contributed by atoms with E-state index in [1.165, 1.54) is 12.8 Å². The maximum Gasteiger partial charge on any atom is 0.170 e. The molecule has 2 aromatic rings. The lowest BCUT2D eigenvalue weighted by molar-refractivity contribution is 0.318. The Kier molecular flexibility index (Phi) is 2.07. The van der Waals surface area contributed by atoms with Crippen LogP contribution in [-0.2, 0) is 7.05 Å². The maximum absolute atomic E-state index is 8.66. The van der Waals surface area contributed by atoms with Crippen LogP contribution in [0.1, 0.15) is 30.1 Å². The van der Waals surface area contributed by atoms with E-state index in [4.69, 9.17) is 10.9 Å². The zero-order valence-electron chi connectivity index (χ0n) is 9.59. The highest BCUT2D eigenvalue weighted by atomic mass is 16.4. The minimum Gasteiger partial charge on any atom is -0.409 e. The summed E-state index contributed by atoms with van der Waals surface area (Å²) >= 11 is 0. The maximum atomic E-state index is 8.66. The van der Waals surface area contributed by atoms with Crippen LogP contribution in [0.3, 0.4) is 0 Å². The highest BCUT2D eigenvalue weighted by Crippen LogP contribution is 2.40. The molecule has 5 nitrogen and oxygen atoms in total. The van der Waals surface area contributed by atoms with E-state index in [2.05, 4.69) is 14.7 Å². The fraction of sp³-hybridized carbons (Fsp3) is 0.333. The third-order valence-electron chi connectivity index (χ3n) is 3.26. The molecule has 0 amide bonds. The molecule has 0 atom stereocenters. The van der Waals surface area contributed by atoms with E-state index in [0.29, 0.717) is 11.5 Å². The summed E-state index contributed by atoms with van der Waals surface area (Å²) in [6.45, 7) is 0. The smallest absolute Gasteiger partial charge is 0.170 e. The van der Waals surface area contributed by atoms with Crippen LogP contribution in [0.15, 0.2) is 23.4 Å². The zero-order valence-corrected chi connectivity index (χ0v) is 9.59. The summed E-state index contributed by atoms with van der Waals surface area (Å²) in [7, 11) is 2.03. The van der Waals surface area contributed by atoms with Gasteiger partial charge in [-0.3, -0.25) is 0 Å². The van der Waals surface area contributed by atoms with E-state index < -0.39 is 0 Å². The van der Waals surface area contributed by atoms with E-state index in [0.717, 1.165) is 16.9 Å². The van der Waals surface area contributed by atoms with E-state index in [1.54, 1.807) is 0 Å². The SMILES string of the molecule is Cn1c(C2CC2)nc2cc(/C(N)=N/O)ccc21. The van der Waals surface area contributed by atoms with Crippen LogP contribution in [0, 0.1) is 0 Å². The van der Waals surface area contributed by atoms with Crippen molar-refractivity contribution < 1.29 is 5.21 Å². The fourth-order valence-electron chi connectivity index (χ4n) is 2.14. The number of oxime groups is 1. The van der Waals surface area contributed by atoms with Crippen molar-refractivity contribution in [3.05, 3.63) is 29.6 Å². The first kappa shape index (κ1) is 10.1. The number of benzene rings is 1. The summed E-state index contributed by atoms with van der Waals surface area (Å²) in [5.74, 6) is 1.86. The van der Waals surface area contributed by atoms with Crippen molar-refractivity contribution >= 4 is 16.9 Å². The minimum atomic E-state index is 0.116. The highest BCUT2D eigenvalue weighted by Gasteiger charge is 2.28. The minimum absolute atomic E-state index is 0.116. The topological polar surface area (TPSA) is 76.4 Å². The van der Waals surface area contributed by atoms with Crippen molar-refractivity contribution in [2.45, 2.75) is 18.8 Å². The Hall–Kier alpha value is -2.04. The second-order valence-electron chi connectivity index (χ2n) is 4.49. The molecular weight excluding hydrogens is 216 g/mol. The number of hydrogen-bond acceptors (Lipinski definition) is 3. The molecule has 1 heterocycles. The van der Waals surface area contributed by atoms with Crippen LogP contribution in [0.25, 0.3) is 11.0 Å². The third kappa shape index (κ3) is 1.54.